The van der Waals surface area contributed by atoms with Crippen molar-refractivity contribution in [1.82, 2.24) is 5.32 Å². The van der Waals surface area contributed by atoms with E-state index in [0.717, 1.165) is 25.1 Å². The molecule has 16 heavy (non-hydrogen) atoms. The summed E-state index contributed by atoms with van der Waals surface area (Å²) >= 11 is 0. The fourth-order valence-corrected chi connectivity index (χ4v) is 2.38. The van der Waals surface area contributed by atoms with Gasteiger partial charge in [-0.05, 0) is 37.2 Å². The van der Waals surface area contributed by atoms with E-state index in [0.29, 0.717) is 6.10 Å². The van der Waals surface area contributed by atoms with E-state index >= 15 is 0 Å². The molecule has 1 N–H and O–H groups in total. The van der Waals surface area contributed by atoms with Crippen LogP contribution in [0.1, 0.15) is 45.4 Å². The zero-order valence-electron chi connectivity index (χ0n) is 10.5. The molecule has 0 aromatic rings. The van der Waals surface area contributed by atoms with Crippen molar-refractivity contribution in [2.45, 2.75) is 57.6 Å². The molecular formula is C14H25NO. The maximum atomic E-state index is 5.97. The zero-order valence-corrected chi connectivity index (χ0v) is 10.5. The fourth-order valence-electron chi connectivity index (χ4n) is 2.38. The molecular weight excluding hydrogens is 198 g/mol. The van der Waals surface area contributed by atoms with Gasteiger partial charge in [0.05, 0.1) is 12.7 Å². The molecule has 0 aliphatic heterocycles. The summed E-state index contributed by atoms with van der Waals surface area (Å²) in [5.41, 5.74) is 1.20. The van der Waals surface area contributed by atoms with E-state index in [9.17, 15) is 0 Å². The predicted molar refractivity (Wildman–Crippen MR) is 67.5 cm³/mol. The van der Waals surface area contributed by atoms with Crippen LogP contribution in [0.4, 0.5) is 0 Å². The SMILES string of the molecule is C=C(CNC1CC1)COC1CCCCC1C. The minimum atomic E-state index is 0.478. The summed E-state index contributed by atoms with van der Waals surface area (Å²) in [6.45, 7) is 8.07. The highest BCUT2D eigenvalue weighted by molar-refractivity contribution is 4.99. The molecule has 2 aliphatic rings. The summed E-state index contributed by atoms with van der Waals surface area (Å²) in [5, 5.41) is 3.48. The van der Waals surface area contributed by atoms with Crippen molar-refractivity contribution in [3.05, 3.63) is 12.2 Å². The first-order valence-electron chi connectivity index (χ1n) is 6.77. The van der Waals surface area contributed by atoms with E-state index in [1.807, 2.05) is 0 Å². The summed E-state index contributed by atoms with van der Waals surface area (Å²) in [7, 11) is 0. The normalized spacial score (nSPS) is 30.3. The molecule has 0 heterocycles. The molecule has 2 nitrogen and oxygen atoms in total. The Morgan fingerprint density at radius 3 is 2.69 bits per heavy atom. The van der Waals surface area contributed by atoms with Gasteiger partial charge in [-0.25, -0.2) is 0 Å². The standard InChI is InChI=1S/C14H25NO/c1-11(9-15-13-7-8-13)10-16-14-6-4-3-5-12(14)2/h12-15H,1,3-10H2,2H3. The maximum Gasteiger partial charge on any atom is 0.0690 e. The van der Waals surface area contributed by atoms with Crippen LogP contribution in [-0.2, 0) is 4.74 Å². The van der Waals surface area contributed by atoms with Crippen LogP contribution in [0.25, 0.3) is 0 Å². The van der Waals surface area contributed by atoms with E-state index in [1.165, 1.54) is 44.1 Å². The largest absolute Gasteiger partial charge is 0.374 e. The molecule has 0 radical (unpaired) electrons. The van der Waals surface area contributed by atoms with Gasteiger partial charge >= 0.3 is 0 Å². The Morgan fingerprint density at radius 2 is 2.00 bits per heavy atom. The minimum absolute atomic E-state index is 0.478. The highest BCUT2D eigenvalue weighted by Crippen LogP contribution is 2.26. The summed E-state index contributed by atoms with van der Waals surface area (Å²) in [4.78, 5) is 0. The topological polar surface area (TPSA) is 21.3 Å². The van der Waals surface area contributed by atoms with Gasteiger partial charge in [-0.2, -0.15) is 0 Å². The molecule has 0 amide bonds. The number of rotatable bonds is 6. The van der Waals surface area contributed by atoms with Gasteiger partial charge in [0.25, 0.3) is 0 Å². The molecule has 0 spiro atoms. The van der Waals surface area contributed by atoms with Crippen molar-refractivity contribution in [2.75, 3.05) is 13.2 Å². The summed E-state index contributed by atoms with van der Waals surface area (Å²) in [6.07, 6.45) is 8.45. The van der Waals surface area contributed by atoms with Crippen molar-refractivity contribution in [3.63, 3.8) is 0 Å². The van der Waals surface area contributed by atoms with Gasteiger partial charge in [-0.1, -0.05) is 26.3 Å². The number of hydrogen-bond acceptors (Lipinski definition) is 2. The zero-order chi connectivity index (χ0) is 11.4. The lowest BCUT2D eigenvalue weighted by Crippen LogP contribution is -2.28. The second kappa shape index (κ2) is 5.83. The third kappa shape index (κ3) is 3.91. The van der Waals surface area contributed by atoms with Gasteiger partial charge in [-0.15, -0.1) is 0 Å². The molecule has 2 fully saturated rings. The van der Waals surface area contributed by atoms with Crippen LogP contribution in [0.5, 0.6) is 0 Å². The fraction of sp³-hybridized carbons (Fsp3) is 0.857. The molecule has 0 bridgehead atoms. The Morgan fingerprint density at radius 1 is 1.25 bits per heavy atom. The Hall–Kier alpha value is -0.340. The van der Waals surface area contributed by atoms with Crippen LogP contribution < -0.4 is 5.32 Å². The number of nitrogens with one attached hydrogen (secondary N) is 1. The van der Waals surface area contributed by atoms with E-state index in [-0.39, 0.29) is 0 Å². The van der Waals surface area contributed by atoms with Crippen LogP contribution in [0.3, 0.4) is 0 Å². The first kappa shape index (κ1) is 12.1. The summed E-state index contributed by atoms with van der Waals surface area (Å²) in [5.74, 6) is 0.734. The van der Waals surface area contributed by atoms with Crippen LogP contribution in [-0.4, -0.2) is 25.3 Å². The third-order valence-electron chi connectivity index (χ3n) is 3.75. The van der Waals surface area contributed by atoms with Crippen molar-refractivity contribution < 1.29 is 4.74 Å². The van der Waals surface area contributed by atoms with Crippen molar-refractivity contribution in [3.8, 4) is 0 Å². The van der Waals surface area contributed by atoms with Gasteiger partial charge in [0, 0.05) is 12.6 Å². The Labute approximate surface area is 99.4 Å². The monoisotopic (exact) mass is 223 g/mol. The smallest absolute Gasteiger partial charge is 0.0690 e. The third-order valence-corrected chi connectivity index (χ3v) is 3.75. The van der Waals surface area contributed by atoms with Gasteiger partial charge in [-0.3, -0.25) is 0 Å². The lowest BCUT2D eigenvalue weighted by molar-refractivity contribution is 0.00664. The Bertz CT molecular complexity index is 235. The molecule has 0 aromatic heterocycles. The molecule has 92 valence electrons. The highest BCUT2D eigenvalue weighted by Gasteiger charge is 2.22. The van der Waals surface area contributed by atoms with Gasteiger partial charge in [0.2, 0.25) is 0 Å². The van der Waals surface area contributed by atoms with E-state index < -0.39 is 0 Å². The van der Waals surface area contributed by atoms with Crippen LogP contribution in [0.2, 0.25) is 0 Å². The van der Waals surface area contributed by atoms with Crippen LogP contribution >= 0.6 is 0 Å². The van der Waals surface area contributed by atoms with Gasteiger partial charge < -0.3 is 10.1 Å². The molecule has 2 heteroatoms. The molecule has 2 saturated carbocycles. The molecule has 2 unspecified atom stereocenters. The maximum absolute atomic E-state index is 5.97. The summed E-state index contributed by atoms with van der Waals surface area (Å²) in [6, 6.07) is 0.769. The van der Waals surface area contributed by atoms with Gasteiger partial charge in [0.1, 0.15) is 0 Å². The number of hydrogen-bond donors (Lipinski definition) is 1. The second-order valence-corrected chi connectivity index (χ2v) is 5.52. The lowest BCUT2D eigenvalue weighted by atomic mass is 9.88. The number of ether oxygens (including phenoxy) is 1. The highest BCUT2D eigenvalue weighted by atomic mass is 16.5. The molecule has 0 saturated heterocycles. The van der Waals surface area contributed by atoms with Crippen LogP contribution in [0.15, 0.2) is 12.2 Å². The first-order chi connectivity index (χ1) is 7.75. The first-order valence-corrected chi connectivity index (χ1v) is 6.77. The van der Waals surface area contributed by atoms with E-state index in [4.69, 9.17) is 4.74 Å². The average molecular weight is 223 g/mol. The molecule has 2 rings (SSSR count). The van der Waals surface area contributed by atoms with Gasteiger partial charge in [0.15, 0.2) is 0 Å². The van der Waals surface area contributed by atoms with E-state index in [1.54, 1.807) is 0 Å². The Balaban J connectivity index is 1.59. The molecule has 2 aliphatic carbocycles. The predicted octanol–water partition coefficient (Wildman–Crippen LogP) is 2.89. The van der Waals surface area contributed by atoms with Crippen molar-refractivity contribution in [1.29, 1.82) is 0 Å². The minimum Gasteiger partial charge on any atom is -0.374 e. The Kier molecular flexibility index (Phi) is 4.42. The van der Waals surface area contributed by atoms with Crippen LogP contribution in [0, 0.1) is 5.92 Å². The molecule has 0 aromatic carbocycles. The van der Waals surface area contributed by atoms with Crippen molar-refractivity contribution in [2.24, 2.45) is 5.92 Å². The molecule has 2 atom stereocenters. The lowest BCUT2D eigenvalue weighted by Gasteiger charge is -2.29. The van der Waals surface area contributed by atoms with E-state index in [2.05, 4.69) is 18.8 Å². The summed E-state index contributed by atoms with van der Waals surface area (Å²) < 4.78 is 5.97. The second-order valence-electron chi connectivity index (χ2n) is 5.52. The van der Waals surface area contributed by atoms with Crippen molar-refractivity contribution >= 4 is 0 Å². The quantitative estimate of drug-likeness (QED) is 0.699. The average Bonchev–Trinajstić information content (AvgIpc) is 3.09.